The molecule has 0 atom stereocenters. The van der Waals surface area contributed by atoms with Gasteiger partial charge >= 0.3 is 0 Å². The van der Waals surface area contributed by atoms with Gasteiger partial charge in [-0.25, -0.2) is 0 Å². The molecule has 4 nitrogen and oxygen atoms in total. The maximum Gasteiger partial charge on any atom is 0.188 e. The van der Waals surface area contributed by atoms with Crippen molar-refractivity contribution in [2.45, 2.75) is 18.3 Å². The molecule has 0 unspecified atom stereocenters. The number of hydrogen-bond donors (Lipinski definition) is 2. The van der Waals surface area contributed by atoms with Crippen LogP contribution < -0.4 is 11.1 Å². The fraction of sp³-hybridized carbons (Fsp3) is 0.438. The molecular weight excluding hydrogens is 330 g/mol. The second-order valence-corrected chi connectivity index (χ2v) is 6.19. The Balaban J connectivity index is 2.17. The molecule has 1 aliphatic rings. The molecule has 0 aromatic heterocycles. The van der Waals surface area contributed by atoms with Crippen molar-refractivity contribution in [2.75, 3.05) is 26.3 Å². The molecule has 2 rings (SSSR count). The highest BCUT2D eigenvalue weighted by Gasteiger charge is 2.34. The minimum Gasteiger partial charge on any atom is -0.381 e. The third-order valence-electron chi connectivity index (χ3n) is 3.89. The molecule has 1 fully saturated rings. The second kappa shape index (κ2) is 7.61. The summed E-state index contributed by atoms with van der Waals surface area (Å²) in [5.41, 5.74) is 7.20. The first-order chi connectivity index (χ1) is 10.2. The van der Waals surface area contributed by atoms with Gasteiger partial charge in [0, 0.05) is 29.6 Å². The van der Waals surface area contributed by atoms with Crippen molar-refractivity contribution in [3.63, 3.8) is 0 Å². The van der Waals surface area contributed by atoms with E-state index >= 15 is 0 Å². The summed E-state index contributed by atoms with van der Waals surface area (Å²) in [6.45, 7) is 6.50. The lowest BCUT2D eigenvalue weighted by Gasteiger charge is -2.36. The Hall–Kier alpha value is -1.33. The third-order valence-corrected chi connectivity index (χ3v) is 4.41. The van der Waals surface area contributed by atoms with Crippen LogP contribution in [0, 0.1) is 0 Å². The maximum absolute atomic E-state index is 5.89. The molecule has 0 bridgehead atoms. The number of nitrogens with two attached hydrogens (primary N) is 1. The molecule has 1 heterocycles. The highest BCUT2D eigenvalue weighted by molar-refractivity contribution is 9.10. The van der Waals surface area contributed by atoms with E-state index in [-0.39, 0.29) is 5.41 Å². The molecule has 0 amide bonds. The molecule has 3 N–H and O–H groups in total. The number of guanidine groups is 1. The first kappa shape index (κ1) is 16.0. The van der Waals surface area contributed by atoms with E-state index in [4.69, 9.17) is 10.5 Å². The van der Waals surface area contributed by atoms with E-state index in [9.17, 15) is 0 Å². The molecule has 5 heteroatoms. The molecule has 1 aliphatic heterocycles. The van der Waals surface area contributed by atoms with E-state index in [2.05, 4.69) is 57.1 Å². The van der Waals surface area contributed by atoms with Gasteiger partial charge in [0.15, 0.2) is 5.96 Å². The van der Waals surface area contributed by atoms with Gasteiger partial charge in [-0.15, -0.1) is 6.58 Å². The van der Waals surface area contributed by atoms with Crippen molar-refractivity contribution in [1.29, 1.82) is 0 Å². The van der Waals surface area contributed by atoms with Crippen LogP contribution in [0.4, 0.5) is 0 Å². The fourth-order valence-corrected chi connectivity index (χ4v) is 2.84. The number of aliphatic imine (C=N–C) groups is 1. The first-order valence-electron chi connectivity index (χ1n) is 7.15. The van der Waals surface area contributed by atoms with E-state index in [1.165, 1.54) is 5.56 Å². The van der Waals surface area contributed by atoms with Gasteiger partial charge in [0.25, 0.3) is 0 Å². The number of nitrogens with one attached hydrogen (secondary N) is 1. The topological polar surface area (TPSA) is 59.6 Å². The predicted octanol–water partition coefficient (Wildman–Crippen LogP) is 2.59. The molecular formula is C16H22BrN3O. The van der Waals surface area contributed by atoms with Gasteiger partial charge in [0.05, 0.1) is 6.54 Å². The number of benzene rings is 1. The lowest BCUT2D eigenvalue weighted by molar-refractivity contribution is 0.0531. The Labute approximate surface area is 134 Å². The van der Waals surface area contributed by atoms with Gasteiger partial charge in [-0.2, -0.15) is 0 Å². The van der Waals surface area contributed by atoms with Gasteiger partial charge in [0.1, 0.15) is 0 Å². The number of ether oxygens (including phenoxy) is 1. The average molecular weight is 352 g/mol. The zero-order valence-corrected chi connectivity index (χ0v) is 13.7. The number of halogens is 1. The summed E-state index contributed by atoms with van der Waals surface area (Å²) >= 11 is 3.49. The molecule has 1 saturated heterocycles. The Morgan fingerprint density at radius 3 is 2.67 bits per heavy atom. The Kier molecular flexibility index (Phi) is 5.82. The van der Waals surface area contributed by atoms with Crippen LogP contribution in [-0.2, 0) is 10.2 Å². The highest BCUT2D eigenvalue weighted by Crippen LogP contribution is 2.35. The van der Waals surface area contributed by atoms with Crippen LogP contribution in [-0.4, -0.2) is 32.3 Å². The summed E-state index contributed by atoms with van der Waals surface area (Å²) in [6, 6.07) is 8.49. The summed E-state index contributed by atoms with van der Waals surface area (Å²) in [4.78, 5) is 4.52. The summed E-state index contributed by atoms with van der Waals surface area (Å²) in [6.07, 6.45) is 3.70. The quantitative estimate of drug-likeness (QED) is 0.487. The van der Waals surface area contributed by atoms with Crippen molar-refractivity contribution in [2.24, 2.45) is 10.7 Å². The molecule has 0 radical (unpaired) electrons. The van der Waals surface area contributed by atoms with E-state index in [0.717, 1.165) is 30.5 Å². The van der Waals surface area contributed by atoms with Crippen LogP contribution in [0.2, 0.25) is 0 Å². The molecule has 21 heavy (non-hydrogen) atoms. The fourth-order valence-electron chi connectivity index (χ4n) is 2.57. The van der Waals surface area contributed by atoms with Gasteiger partial charge < -0.3 is 15.8 Å². The van der Waals surface area contributed by atoms with E-state index in [1.54, 1.807) is 6.08 Å². The normalized spacial score (nSPS) is 18.2. The van der Waals surface area contributed by atoms with Crippen LogP contribution in [0.25, 0.3) is 0 Å². The second-order valence-electron chi connectivity index (χ2n) is 5.27. The van der Waals surface area contributed by atoms with Crippen LogP contribution in [0.3, 0.4) is 0 Å². The maximum atomic E-state index is 5.89. The lowest BCUT2D eigenvalue weighted by atomic mass is 9.74. The van der Waals surface area contributed by atoms with Crippen LogP contribution >= 0.6 is 15.9 Å². The summed E-state index contributed by atoms with van der Waals surface area (Å²) in [5.74, 6) is 0.470. The largest absolute Gasteiger partial charge is 0.381 e. The lowest BCUT2D eigenvalue weighted by Crippen LogP contribution is -2.39. The Bertz CT molecular complexity index is 493. The number of nitrogens with zero attached hydrogens (tertiary/aromatic N) is 1. The molecule has 1 aromatic carbocycles. The van der Waals surface area contributed by atoms with Crippen molar-refractivity contribution >= 4 is 21.9 Å². The Morgan fingerprint density at radius 1 is 1.38 bits per heavy atom. The minimum atomic E-state index is 0.0133. The van der Waals surface area contributed by atoms with Gasteiger partial charge in [-0.3, -0.25) is 4.99 Å². The molecule has 0 aliphatic carbocycles. The van der Waals surface area contributed by atoms with E-state index in [0.29, 0.717) is 19.0 Å². The monoisotopic (exact) mass is 351 g/mol. The van der Waals surface area contributed by atoms with E-state index < -0.39 is 0 Å². The molecule has 1 aromatic rings. The third kappa shape index (κ3) is 4.32. The molecule has 0 saturated carbocycles. The number of hydrogen-bond acceptors (Lipinski definition) is 2. The summed E-state index contributed by atoms with van der Waals surface area (Å²) < 4.78 is 6.61. The van der Waals surface area contributed by atoms with Gasteiger partial charge in [-0.05, 0) is 30.5 Å². The van der Waals surface area contributed by atoms with Crippen LogP contribution in [0.15, 0.2) is 46.4 Å². The summed E-state index contributed by atoms with van der Waals surface area (Å²) in [5, 5.41) is 3.02. The van der Waals surface area contributed by atoms with Crippen molar-refractivity contribution < 1.29 is 4.74 Å². The SMILES string of the molecule is C=CCNC(N)=NCC1(c2ccc(Br)cc2)CCOCC1. The standard InChI is InChI=1S/C16H22BrN3O/c1-2-9-19-15(18)20-12-16(7-10-21-11-8-16)13-3-5-14(17)6-4-13/h2-6H,1,7-12H2,(H3,18,19,20). The number of rotatable bonds is 5. The summed E-state index contributed by atoms with van der Waals surface area (Å²) in [7, 11) is 0. The van der Waals surface area contributed by atoms with Gasteiger partial charge in [-0.1, -0.05) is 34.1 Å². The van der Waals surface area contributed by atoms with Crippen molar-refractivity contribution in [3.05, 3.63) is 47.0 Å². The van der Waals surface area contributed by atoms with Crippen LogP contribution in [0.5, 0.6) is 0 Å². The first-order valence-corrected chi connectivity index (χ1v) is 7.94. The zero-order valence-electron chi connectivity index (χ0n) is 12.1. The van der Waals surface area contributed by atoms with Crippen molar-refractivity contribution in [1.82, 2.24) is 5.32 Å². The average Bonchev–Trinajstić information content (AvgIpc) is 2.52. The highest BCUT2D eigenvalue weighted by atomic mass is 79.9. The molecule has 114 valence electrons. The van der Waals surface area contributed by atoms with E-state index in [1.807, 2.05) is 0 Å². The zero-order chi connectivity index (χ0) is 15.1. The van der Waals surface area contributed by atoms with Crippen molar-refractivity contribution in [3.8, 4) is 0 Å². The van der Waals surface area contributed by atoms with Gasteiger partial charge in [0.2, 0.25) is 0 Å². The predicted molar refractivity (Wildman–Crippen MR) is 90.6 cm³/mol. The minimum absolute atomic E-state index is 0.0133. The van der Waals surface area contributed by atoms with Crippen LogP contribution in [0.1, 0.15) is 18.4 Å². The molecule has 0 spiro atoms. The smallest absolute Gasteiger partial charge is 0.188 e. The Morgan fingerprint density at radius 2 is 2.05 bits per heavy atom.